The first-order valence-electron chi connectivity index (χ1n) is 7.17. The van der Waals surface area contributed by atoms with Crippen molar-refractivity contribution in [3.05, 3.63) is 48.5 Å². The van der Waals surface area contributed by atoms with Crippen LogP contribution in [0, 0.1) is 0 Å². The first-order chi connectivity index (χ1) is 11.6. The van der Waals surface area contributed by atoms with E-state index in [0.29, 0.717) is 17.6 Å². The molecule has 24 heavy (non-hydrogen) atoms. The van der Waals surface area contributed by atoms with E-state index >= 15 is 0 Å². The summed E-state index contributed by atoms with van der Waals surface area (Å²) in [7, 11) is 1.61. The number of nitrogens with two attached hydrogens (primary N) is 2. The molecule has 1 heterocycles. The van der Waals surface area contributed by atoms with Crippen LogP contribution in [-0.2, 0) is 0 Å². The van der Waals surface area contributed by atoms with E-state index in [4.69, 9.17) is 16.2 Å². The number of nitrogen functional groups attached to an aromatic ring is 2. The summed E-state index contributed by atoms with van der Waals surface area (Å²) in [6, 6.07) is 14.6. The van der Waals surface area contributed by atoms with Crippen LogP contribution in [0.4, 0.5) is 34.9 Å². The van der Waals surface area contributed by atoms with Crippen LogP contribution in [0.5, 0.6) is 5.75 Å². The number of anilines is 6. The lowest BCUT2D eigenvalue weighted by molar-refractivity contribution is 0.415. The van der Waals surface area contributed by atoms with Crippen molar-refractivity contribution in [1.29, 1.82) is 0 Å². The van der Waals surface area contributed by atoms with E-state index in [1.54, 1.807) is 19.2 Å². The van der Waals surface area contributed by atoms with E-state index in [9.17, 15) is 0 Å². The van der Waals surface area contributed by atoms with E-state index in [2.05, 4.69) is 25.6 Å². The number of ether oxygens (including phenoxy) is 1. The number of rotatable bonds is 5. The highest BCUT2D eigenvalue weighted by molar-refractivity contribution is 5.62. The normalized spacial score (nSPS) is 10.2. The fourth-order valence-electron chi connectivity index (χ4n) is 2.05. The summed E-state index contributed by atoms with van der Waals surface area (Å²) in [6.07, 6.45) is 0. The molecule has 6 N–H and O–H groups in total. The van der Waals surface area contributed by atoms with Gasteiger partial charge in [-0.15, -0.1) is 0 Å². The Bertz CT molecular complexity index is 836. The molecule has 0 atom stereocenters. The zero-order valence-corrected chi connectivity index (χ0v) is 13.0. The summed E-state index contributed by atoms with van der Waals surface area (Å²) < 4.78 is 5.12. The highest BCUT2D eigenvalue weighted by Crippen LogP contribution is 2.20. The standard InChI is InChI=1S/C16H17N7O/c1-24-13-7-5-11(6-8-13)19-15-21-14(18)22-16(23-15)20-12-4-2-3-10(17)9-12/h2-9H,17H2,1H3,(H4,18,19,20,21,22,23). The van der Waals surface area contributed by atoms with Gasteiger partial charge in [0.15, 0.2) is 0 Å². The number of hydrogen-bond acceptors (Lipinski definition) is 8. The summed E-state index contributed by atoms with van der Waals surface area (Å²) in [5.74, 6) is 1.52. The van der Waals surface area contributed by atoms with Gasteiger partial charge in [-0.1, -0.05) is 6.07 Å². The van der Waals surface area contributed by atoms with Gasteiger partial charge in [0.1, 0.15) is 5.75 Å². The van der Waals surface area contributed by atoms with E-state index in [0.717, 1.165) is 17.1 Å². The molecule has 0 unspecified atom stereocenters. The molecule has 0 amide bonds. The first-order valence-corrected chi connectivity index (χ1v) is 7.17. The van der Waals surface area contributed by atoms with Crippen LogP contribution < -0.4 is 26.8 Å². The van der Waals surface area contributed by atoms with Crippen LogP contribution >= 0.6 is 0 Å². The third kappa shape index (κ3) is 3.80. The molecule has 2 aromatic carbocycles. The Morgan fingerprint density at radius 3 is 2.12 bits per heavy atom. The number of benzene rings is 2. The third-order valence-electron chi connectivity index (χ3n) is 3.14. The second kappa shape index (κ2) is 6.69. The molecule has 0 aliphatic heterocycles. The number of methoxy groups -OCH3 is 1. The minimum absolute atomic E-state index is 0.104. The summed E-state index contributed by atoms with van der Waals surface area (Å²) in [4.78, 5) is 12.5. The quantitative estimate of drug-likeness (QED) is 0.528. The van der Waals surface area contributed by atoms with Gasteiger partial charge >= 0.3 is 0 Å². The fraction of sp³-hybridized carbons (Fsp3) is 0.0625. The molecule has 1 aromatic heterocycles. The average molecular weight is 323 g/mol. The lowest BCUT2D eigenvalue weighted by atomic mass is 10.3. The summed E-state index contributed by atoms with van der Waals surface area (Å²) in [5, 5.41) is 6.12. The zero-order valence-electron chi connectivity index (χ0n) is 13.0. The average Bonchev–Trinajstić information content (AvgIpc) is 2.55. The van der Waals surface area contributed by atoms with Crippen molar-refractivity contribution in [2.24, 2.45) is 0 Å². The topological polar surface area (TPSA) is 124 Å². The van der Waals surface area contributed by atoms with Gasteiger partial charge in [0, 0.05) is 17.1 Å². The number of nitrogens with one attached hydrogen (secondary N) is 2. The lowest BCUT2D eigenvalue weighted by Crippen LogP contribution is -2.07. The molecule has 0 saturated carbocycles. The Morgan fingerprint density at radius 1 is 0.833 bits per heavy atom. The van der Waals surface area contributed by atoms with Crippen LogP contribution in [-0.4, -0.2) is 22.1 Å². The van der Waals surface area contributed by atoms with Gasteiger partial charge in [-0.05, 0) is 42.5 Å². The summed E-state index contributed by atoms with van der Waals surface area (Å²) in [6.45, 7) is 0. The second-order valence-electron chi connectivity index (χ2n) is 4.94. The van der Waals surface area contributed by atoms with Crippen LogP contribution in [0.25, 0.3) is 0 Å². The molecule has 8 nitrogen and oxygen atoms in total. The van der Waals surface area contributed by atoms with Gasteiger partial charge < -0.3 is 26.8 Å². The molecule has 0 saturated heterocycles. The SMILES string of the molecule is COc1ccc(Nc2nc(N)nc(Nc3cccc(N)c3)n2)cc1. The molecule has 0 aliphatic rings. The minimum Gasteiger partial charge on any atom is -0.497 e. The van der Waals surface area contributed by atoms with Crippen molar-refractivity contribution in [2.75, 3.05) is 29.2 Å². The van der Waals surface area contributed by atoms with Gasteiger partial charge in [0.25, 0.3) is 0 Å². The molecular formula is C16H17N7O. The Hall–Kier alpha value is -3.55. The fourth-order valence-corrected chi connectivity index (χ4v) is 2.05. The second-order valence-corrected chi connectivity index (χ2v) is 4.94. The van der Waals surface area contributed by atoms with Crippen molar-refractivity contribution >= 4 is 34.9 Å². The minimum atomic E-state index is 0.104. The monoisotopic (exact) mass is 323 g/mol. The van der Waals surface area contributed by atoms with Gasteiger partial charge in [-0.3, -0.25) is 0 Å². The van der Waals surface area contributed by atoms with Crippen molar-refractivity contribution in [3.8, 4) is 5.75 Å². The van der Waals surface area contributed by atoms with E-state index in [-0.39, 0.29) is 5.95 Å². The number of nitrogens with zero attached hydrogens (tertiary/aromatic N) is 3. The van der Waals surface area contributed by atoms with Gasteiger partial charge in [0.05, 0.1) is 7.11 Å². The van der Waals surface area contributed by atoms with Crippen molar-refractivity contribution in [1.82, 2.24) is 15.0 Å². The Kier molecular flexibility index (Phi) is 4.28. The third-order valence-corrected chi connectivity index (χ3v) is 3.14. The maximum absolute atomic E-state index is 5.76. The van der Waals surface area contributed by atoms with Crippen molar-refractivity contribution in [3.63, 3.8) is 0 Å². The van der Waals surface area contributed by atoms with Crippen LogP contribution in [0.2, 0.25) is 0 Å². The predicted octanol–water partition coefficient (Wildman–Crippen LogP) is 2.53. The van der Waals surface area contributed by atoms with E-state index in [1.807, 2.05) is 36.4 Å². The molecule has 0 spiro atoms. The van der Waals surface area contributed by atoms with E-state index in [1.165, 1.54) is 0 Å². The highest BCUT2D eigenvalue weighted by atomic mass is 16.5. The van der Waals surface area contributed by atoms with Crippen LogP contribution in [0.3, 0.4) is 0 Å². The predicted molar refractivity (Wildman–Crippen MR) is 94.7 cm³/mol. The summed E-state index contributed by atoms with van der Waals surface area (Å²) in [5.41, 5.74) is 13.7. The molecule has 0 bridgehead atoms. The van der Waals surface area contributed by atoms with Gasteiger partial charge in [-0.2, -0.15) is 15.0 Å². The summed E-state index contributed by atoms with van der Waals surface area (Å²) >= 11 is 0. The van der Waals surface area contributed by atoms with Crippen molar-refractivity contribution < 1.29 is 4.74 Å². The zero-order chi connectivity index (χ0) is 16.9. The van der Waals surface area contributed by atoms with Crippen molar-refractivity contribution in [2.45, 2.75) is 0 Å². The highest BCUT2D eigenvalue weighted by Gasteiger charge is 2.06. The maximum Gasteiger partial charge on any atom is 0.233 e. The smallest absolute Gasteiger partial charge is 0.233 e. The Morgan fingerprint density at radius 2 is 1.50 bits per heavy atom. The Balaban J connectivity index is 1.80. The van der Waals surface area contributed by atoms with Gasteiger partial charge in [0.2, 0.25) is 17.8 Å². The molecular weight excluding hydrogens is 306 g/mol. The molecule has 0 radical (unpaired) electrons. The number of aromatic nitrogens is 3. The molecule has 3 rings (SSSR count). The molecule has 0 fully saturated rings. The molecule has 3 aromatic rings. The molecule has 0 aliphatic carbocycles. The van der Waals surface area contributed by atoms with Crippen LogP contribution in [0.15, 0.2) is 48.5 Å². The lowest BCUT2D eigenvalue weighted by Gasteiger charge is -2.09. The first kappa shape index (κ1) is 15.3. The largest absolute Gasteiger partial charge is 0.497 e. The molecule has 8 heteroatoms. The maximum atomic E-state index is 5.76. The van der Waals surface area contributed by atoms with E-state index < -0.39 is 0 Å². The molecule has 122 valence electrons. The van der Waals surface area contributed by atoms with Crippen LogP contribution in [0.1, 0.15) is 0 Å². The van der Waals surface area contributed by atoms with Gasteiger partial charge in [-0.25, -0.2) is 0 Å². The number of hydrogen-bond donors (Lipinski definition) is 4. The Labute approximate surface area is 138 Å².